The van der Waals surface area contributed by atoms with Crippen LogP contribution in [0.5, 0.6) is 0 Å². The van der Waals surface area contributed by atoms with E-state index in [9.17, 15) is 15.3 Å². The number of aliphatic hydroxyl groups excluding tert-OH is 3. The van der Waals surface area contributed by atoms with Gasteiger partial charge in [-0.1, -0.05) is 13.3 Å². The average Bonchev–Trinajstić information content (AvgIpc) is 2.12. The number of rotatable bonds is 4. The van der Waals surface area contributed by atoms with E-state index in [0.717, 1.165) is 19.3 Å². The first-order valence-electron chi connectivity index (χ1n) is 5.40. The molecule has 3 atom stereocenters. The second-order valence-electron chi connectivity index (χ2n) is 4.12. The molecule has 1 rings (SSSR count). The third kappa shape index (κ3) is 3.31. The van der Waals surface area contributed by atoms with Gasteiger partial charge in [-0.25, -0.2) is 0 Å². The van der Waals surface area contributed by atoms with E-state index < -0.39 is 6.10 Å². The summed E-state index contributed by atoms with van der Waals surface area (Å²) in [6.07, 6.45) is 4.67. The highest BCUT2D eigenvalue weighted by atomic mass is 16.3. The lowest BCUT2D eigenvalue weighted by Gasteiger charge is -2.23. The van der Waals surface area contributed by atoms with Crippen molar-refractivity contribution in [1.29, 1.82) is 0 Å². The van der Waals surface area contributed by atoms with Gasteiger partial charge in [0.05, 0.1) is 6.10 Å². The minimum atomic E-state index is -0.686. The predicted molar refractivity (Wildman–Crippen MR) is 55.0 cm³/mol. The van der Waals surface area contributed by atoms with E-state index in [1.165, 1.54) is 0 Å². The second kappa shape index (κ2) is 5.37. The molecule has 0 amide bonds. The standard InChI is InChI=1S/C11H20O3/c1-2-3-9(12)6-8-4-5-10(13)11(14)7-8/h7-10,12-14H,2-6H2,1H3. The van der Waals surface area contributed by atoms with E-state index in [2.05, 4.69) is 0 Å². The molecule has 0 saturated heterocycles. The van der Waals surface area contributed by atoms with Crippen molar-refractivity contribution < 1.29 is 15.3 Å². The van der Waals surface area contributed by atoms with Crippen molar-refractivity contribution in [3.63, 3.8) is 0 Å². The molecule has 0 radical (unpaired) electrons. The molecule has 0 aromatic carbocycles. The summed E-state index contributed by atoms with van der Waals surface area (Å²) in [5, 5.41) is 28.2. The Balaban J connectivity index is 2.39. The van der Waals surface area contributed by atoms with Crippen LogP contribution >= 0.6 is 0 Å². The first-order chi connectivity index (χ1) is 6.63. The van der Waals surface area contributed by atoms with Crippen molar-refractivity contribution in [2.75, 3.05) is 0 Å². The van der Waals surface area contributed by atoms with Crippen LogP contribution < -0.4 is 0 Å². The molecule has 3 heteroatoms. The second-order valence-corrected chi connectivity index (χ2v) is 4.12. The molecule has 0 aromatic rings. The van der Waals surface area contributed by atoms with Crippen molar-refractivity contribution in [2.24, 2.45) is 5.92 Å². The van der Waals surface area contributed by atoms with Gasteiger partial charge in [-0.05, 0) is 37.7 Å². The largest absolute Gasteiger partial charge is 0.510 e. The lowest BCUT2D eigenvalue weighted by molar-refractivity contribution is 0.104. The van der Waals surface area contributed by atoms with Crippen LogP contribution in [0.15, 0.2) is 11.8 Å². The lowest BCUT2D eigenvalue weighted by atomic mass is 9.88. The highest BCUT2D eigenvalue weighted by Gasteiger charge is 2.22. The zero-order chi connectivity index (χ0) is 10.6. The number of allylic oxidation sites excluding steroid dienone is 1. The number of hydrogen-bond acceptors (Lipinski definition) is 3. The molecule has 3 N–H and O–H groups in total. The smallest absolute Gasteiger partial charge is 0.117 e. The summed E-state index contributed by atoms with van der Waals surface area (Å²) < 4.78 is 0. The summed E-state index contributed by atoms with van der Waals surface area (Å²) in [6.45, 7) is 2.04. The van der Waals surface area contributed by atoms with Gasteiger partial charge in [0.1, 0.15) is 11.9 Å². The Kier molecular flexibility index (Phi) is 4.42. The van der Waals surface area contributed by atoms with Crippen molar-refractivity contribution in [1.82, 2.24) is 0 Å². The summed E-state index contributed by atoms with van der Waals surface area (Å²) in [4.78, 5) is 0. The van der Waals surface area contributed by atoms with Gasteiger partial charge < -0.3 is 15.3 Å². The Bertz CT molecular complexity index is 201. The molecule has 0 spiro atoms. The maximum atomic E-state index is 9.58. The average molecular weight is 200 g/mol. The van der Waals surface area contributed by atoms with Crippen LogP contribution in [0.25, 0.3) is 0 Å². The summed E-state index contributed by atoms with van der Waals surface area (Å²) >= 11 is 0. The molecule has 0 bridgehead atoms. The Hall–Kier alpha value is -0.540. The van der Waals surface area contributed by atoms with E-state index in [-0.39, 0.29) is 17.8 Å². The Morgan fingerprint density at radius 2 is 2.21 bits per heavy atom. The minimum Gasteiger partial charge on any atom is -0.510 e. The molecule has 1 aliphatic rings. The number of aliphatic hydroxyl groups is 3. The maximum Gasteiger partial charge on any atom is 0.117 e. The molecule has 82 valence electrons. The Morgan fingerprint density at radius 3 is 2.79 bits per heavy atom. The van der Waals surface area contributed by atoms with E-state index in [0.29, 0.717) is 12.8 Å². The Labute approximate surface area is 85.1 Å². The van der Waals surface area contributed by atoms with Gasteiger partial charge in [0, 0.05) is 0 Å². The van der Waals surface area contributed by atoms with E-state index >= 15 is 0 Å². The summed E-state index contributed by atoms with van der Waals surface area (Å²) in [5.74, 6) is 0.296. The molecule has 0 fully saturated rings. The number of hydrogen-bond donors (Lipinski definition) is 3. The molecular formula is C11H20O3. The summed E-state index contributed by atoms with van der Waals surface area (Å²) in [7, 11) is 0. The molecule has 0 aromatic heterocycles. The third-order valence-corrected chi connectivity index (χ3v) is 2.76. The van der Waals surface area contributed by atoms with Gasteiger partial charge in [0.2, 0.25) is 0 Å². The van der Waals surface area contributed by atoms with Crippen molar-refractivity contribution in [2.45, 2.75) is 51.2 Å². The Morgan fingerprint density at radius 1 is 1.50 bits per heavy atom. The predicted octanol–water partition coefficient (Wildman–Crippen LogP) is 1.75. The van der Waals surface area contributed by atoms with Crippen LogP contribution in [0.2, 0.25) is 0 Å². The third-order valence-electron chi connectivity index (χ3n) is 2.76. The van der Waals surface area contributed by atoms with Gasteiger partial charge in [-0.15, -0.1) is 0 Å². The van der Waals surface area contributed by atoms with E-state index in [1.807, 2.05) is 6.92 Å². The van der Waals surface area contributed by atoms with Crippen LogP contribution in [0.1, 0.15) is 39.0 Å². The van der Waals surface area contributed by atoms with Gasteiger partial charge in [-0.3, -0.25) is 0 Å². The molecule has 3 nitrogen and oxygen atoms in total. The van der Waals surface area contributed by atoms with Crippen molar-refractivity contribution in [3.05, 3.63) is 11.8 Å². The SMILES string of the molecule is CCCC(O)CC1C=C(O)C(O)CC1. The van der Waals surface area contributed by atoms with Gasteiger partial charge in [-0.2, -0.15) is 0 Å². The molecule has 14 heavy (non-hydrogen) atoms. The van der Waals surface area contributed by atoms with Crippen molar-refractivity contribution in [3.8, 4) is 0 Å². The molecule has 0 aliphatic heterocycles. The molecule has 1 aliphatic carbocycles. The lowest BCUT2D eigenvalue weighted by Crippen LogP contribution is -2.21. The topological polar surface area (TPSA) is 60.7 Å². The van der Waals surface area contributed by atoms with Crippen LogP contribution in [0.3, 0.4) is 0 Å². The normalized spacial score (nSPS) is 29.8. The van der Waals surface area contributed by atoms with Crippen LogP contribution in [-0.2, 0) is 0 Å². The molecule has 0 heterocycles. The maximum absolute atomic E-state index is 9.58. The fraction of sp³-hybridized carbons (Fsp3) is 0.818. The van der Waals surface area contributed by atoms with E-state index in [4.69, 9.17) is 0 Å². The van der Waals surface area contributed by atoms with Gasteiger partial charge in [0.15, 0.2) is 0 Å². The zero-order valence-electron chi connectivity index (χ0n) is 8.69. The highest BCUT2D eigenvalue weighted by Crippen LogP contribution is 2.26. The van der Waals surface area contributed by atoms with Crippen molar-refractivity contribution >= 4 is 0 Å². The fourth-order valence-corrected chi connectivity index (χ4v) is 1.94. The fourth-order valence-electron chi connectivity index (χ4n) is 1.94. The first kappa shape index (κ1) is 11.5. The highest BCUT2D eigenvalue weighted by molar-refractivity contribution is 5.05. The quantitative estimate of drug-likeness (QED) is 0.648. The summed E-state index contributed by atoms with van der Waals surface area (Å²) in [5.41, 5.74) is 0. The zero-order valence-corrected chi connectivity index (χ0v) is 8.69. The molecule has 0 saturated carbocycles. The van der Waals surface area contributed by atoms with E-state index in [1.54, 1.807) is 6.08 Å². The monoisotopic (exact) mass is 200 g/mol. The summed E-state index contributed by atoms with van der Waals surface area (Å²) in [6, 6.07) is 0. The molecule has 3 unspecified atom stereocenters. The van der Waals surface area contributed by atoms with Gasteiger partial charge in [0.25, 0.3) is 0 Å². The first-order valence-corrected chi connectivity index (χ1v) is 5.40. The van der Waals surface area contributed by atoms with Crippen LogP contribution in [0.4, 0.5) is 0 Å². The van der Waals surface area contributed by atoms with Gasteiger partial charge >= 0.3 is 0 Å². The van der Waals surface area contributed by atoms with Crippen LogP contribution in [-0.4, -0.2) is 27.5 Å². The van der Waals surface area contributed by atoms with Crippen LogP contribution in [0, 0.1) is 5.92 Å². The minimum absolute atomic E-state index is 0.0740. The molecular weight excluding hydrogens is 180 g/mol.